The maximum absolute atomic E-state index is 12.3. The van der Waals surface area contributed by atoms with E-state index >= 15 is 0 Å². The molecule has 1 amide bonds. The first-order valence-electron chi connectivity index (χ1n) is 5.95. The predicted octanol–water partition coefficient (Wildman–Crippen LogP) is 0.470. The van der Waals surface area contributed by atoms with Crippen molar-refractivity contribution in [3.8, 4) is 0 Å². The number of aromatic nitrogens is 1. The number of hydrogen-bond acceptors (Lipinski definition) is 5. The molecule has 0 bridgehead atoms. The van der Waals surface area contributed by atoms with Gasteiger partial charge in [-0.2, -0.15) is 4.72 Å². The van der Waals surface area contributed by atoms with Gasteiger partial charge in [0, 0.05) is 0 Å². The molecule has 1 heterocycles. The molecule has 0 aliphatic heterocycles. The van der Waals surface area contributed by atoms with E-state index in [1.807, 2.05) is 6.92 Å². The predicted molar refractivity (Wildman–Crippen MR) is 68.7 cm³/mol. The molecule has 108 valence electrons. The molecule has 0 aromatic carbocycles. The highest BCUT2D eigenvalue weighted by Gasteiger charge is 2.31. The summed E-state index contributed by atoms with van der Waals surface area (Å²) in [6.45, 7) is 6.63. The Balaban J connectivity index is 3.12. The van der Waals surface area contributed by atoms with E-state index < -0.39 is 22.0 Å². The number of hydrogen-bond donors (Lipinski definition) is 2. The minimum atomic E-state index is -3.88. The average molecular weight is 289 g/mol. The van der Waals surface area contributed by atoms with E-state index in [2.05, 4.69) is 9.88 Å². The fourth-order valence-electron chi connectivity index (χ4n) is 1.77. The number of amides is 1. The number of nitrogens with one attached hydrogen (secondary N) is 1. The van der Waals surface area contributed by atoms with Crippen molar-refractivity contribution in [3.05, 3.63) is 11.5 Å². The number of aryl methyl sites for hydroxylation is 2. The Labute approximate surface area is 112 Å². The van der Waals surface area contributed by atoms with E-state index in [0.717, 1.165) is 0 Å². The van der Waals surface area contributed by atoms with Crippen molar-refractivity contribution in [3.63, 3.8) is 0 Å². The SMILES string of the molecule is CCC(C)C(NS(=O)(=O)c1c(C)noc1C)C(N)=O. The maximum atomic E-state index is 12.3. The smallest absolute Gasteiger partial charge is 0.246 e. The summed E-state index contributed by atoms with van der Waals surface area (Å²) >= 11 is 0. The molecule has 0 radical (unpaired) electrons. The van der Waals surface area contributed by atoms with E-state index in [-0.39, 0.29) is 22.3 Å². The second kappa shape index (κ2) is 5.70. The minimum Gasteiger partial charge on any atom is -0.368 e. The van der Waals surface area contributed by atoms with Crippen LogP contribution in [0.5, 0.6) is 0 Å². The Kier molecular flexibility index (Phi) is 4.70. The quantitative estimate of drug-likeness (QED) is 0.789. The van der Waals surface area contributed by atoms with Crippen LogP contribution in [0.2, 0.25) is 0 Å². The van der Waals surface area contributed by atoms with Gasteiger partial charge in [0.1, 0.15) is 16.6 Å². The van der Waals surface area contributed by atoms with Crippen LogP contribution in [0, 0.1) is 19.8 Å². The zero-order valence-corrected chi connectivity index (χ0v) is 12.2. The normalized spacial score (nSPS) is 15.2. The van der Waals surface area contributed by atoms with Gasteiger partial charge in [-0.05, 0) is 19.8 Å². The van der Waals surface area contributed by atoms with E-state index in [1.54, 1.807) is 6.92 Å². The number of nitrogens with two attached hydrogens (primary N) is 1. The maximum Gasteiger partial charge on any atom is 0.246 e. The van der Waals surface area contributed by atoms with E-state index in [4.69, 9.17) is 10.3 Å². The summed E-state index contributed by atoms with van der Waals surface area (Å²) in [5.74, 6) is -0.727. The fraction of sp³-hybridized carbons (Fsp3) is 0.636. The molecule has 1 rings (SSSR count). The number of carbonyl (C=O) groups excluding carboxylic acids is 1. The number of nitrogens with zero attached hydrogens (tertiary/aromatic N) is 1. The van der Waals surface area contributed by atoms with Crippen LogP contribution < -0.4 is 10.5 Å². The molecule has 0 aliphatic carbocycles. The second-order valence-electron chi connectivity index (χ2n) is 4.54. The van der Waals surface area contributed by atoms with Crippen molar-refractivity contribution in [2.24, 2.45) is 11.7 Å². The van der Waals surface area contributed by atoms with Crippen molar-refractivity contribution in [1.82, 2.24) is 9.88 Å². The van der Waals surface area contributed by atoms with Crippen LogP contribution in [0.3, 0.4) is 0 Å². The van der Waals surface area contributed by atoms with Gasteiger partial charge in [-0.1, -0.05) is 25.4 Å². The summed E-state index contributed by atoms with van der Waals surface area (Å²) in [7, 11) is -3.88. The third-order valence-electron chi connectivity index (χ3n) is 3.04. The first kappa shape index (κ1) is 15.6. The molecule has 2 unspecified atom stereocenters. The van der Waals surface area contributed by atoms with Gasteiger partial charge < -0.3 is 10.3 Å². The molecule has 0 saturated heterocycles. The summed E-state index contributed by atoms with van der Waals surface area (Å²) in [6.07, 6.45) is 0.623. The Hall–Kier alpha value is -1.41. The third-order valence-corrected chi connectivity index (χ3v) is 4.72. The Morgan fingerprint density at radius 2 is 2.05 bits per heavy atom. The number of carbonyl (C=O) groups is 1. The molecule has 0 aliphatic rings. The lowest BCUT2D eigenvalue weighted by Crippen LogP contribution is -2.48. The second-order valence-corrected chi connectivity index (χ2v) is 6.19. The van der Waals surface area contributed by atoms with Crippen LogP contribution in [-0.4, -0.2) is 25.5 Å². The summed E-state index contributed by atoms with van der Waals surface area (Å²) in [5, 5.41) is 3.59. The van der Waals surface area contributed by atoms with Gasteiger partial charge in [-0.15, -0.1) is 0 Å². The molecule has 2 atom stereocenters. The lowest BCUT2D eigenvalue weighted by Gasteiger charge is -2.20. The summed E-state index contributed by atoms with van der Waals surface area (Å²) in [5.41, 5.74) is 5.49. The average Bonchev–Trinajstić information content (AvgIpc) is 2.65. The van der Waals surface area contributed by atoms with Gasteiger partial charge in [0.25, 0.3) is 0 Å². The first-order chi connectivity index (χ1) is 8.70. The van der Waals surface area contributed by atoms with Crippen LogP contribution in [-0.2, 0) is 14.8 Å². The number of sulfonamides is 1. The molecule has 1 aromatic rings. The number of primary amides is 1. The van der Waals surface area contributed by atoms with Gasteiger partial charge in [0.05, 0.1) is 0 Å². The standard InChI is InChI=1S/C11H19N3O4S/c1-5-6(2)9(11(12)15)14-19(16,17)10-7(3)13-18-8(10)4/h6,9,14H,5H2,1-4H3,(H2,12,15). The topological polar surface area (TPSA) is 115 Å². The Bertz CT molecular complexity index is 545. The molecule has 7 nitrogen and oxygen atoms in total. The lowest BCUT2D eigenvalue weighted by atomic mass is 10.00. The minimum absolute atomic E-state index is 0.0398. The van der Waals surface area contributed by atoms with Gasteiger partial charge in [0.2, 0.25) is 15.9 Å². The molecule has 0 spiro atoms. The van der Waals surface area contributed by atoms with E-state index in [9.17, 15) is 13.2 Å². The summed E-state index contributed by atoms with van der Waals surface area (Å²) in [6, 6.07) is -0.955. The van der Waals surface area contributed by atoms with Crippen LogP contribution in [0.25, 0.3) is 0 Å². The van der Waals surface area contributed by atoms with Gasteiger partial charge >= 0.3 is 0 Å². The van der Waals surface area contributed by atoms with Gasteiger partial charge in [-0.3, -0.25) is 4.79 Å². The molecule has 0 fully saturated rings. The Morgan fingerprint density at radius 3 is 2.42 bits per heavy atom. The lowest BCUT2D eigenvalue weighted by molar-refractivity contribution is -0.120. The Morgan fingerprint density at radius 1 is 1.47 bits per heavy atom. The molecule has 19 heavy (non-hydrogen) atoms. The molecule has 8 heteroatoms. The fourth-order valence-corrected chi connectivity index (χ4v) is 3.42. The highest BCUT2D eigenvalue weighted by molar-refractivity contribution is 7.89. The van der Waals surface area contributed by atoms with Crippen LogP contribution in [0.15, 0.2) is 9.42 Å². The van der Waals surface area contributed by atoms with Crippen molar-refractivity contribution in [2.45, 2.75) is 45.1 Å². The number of rotatable bonds is 6. The van der Waals surface area contributed by atoms with E-state index in [0.29, 0.717) is 6.42 Å². The monoisotopic (exact) mass is 289 g/mol. The van der Waals surface area contributed by atoms with Gasteiger partial charge in [0.15, 0.2) is 5.76 Å². The van der Waals surface area contributed by atoms with Crippen molar-refractivity contribution >= 4 is 15.9 Å². The molecular weight excluding hydrogens is 270 g/mol. The zero-order valence-electron chi connectivity index (χ0n) is 11.4. The summed E-state index contributed by atoms with van der Waals surface area (Å²) in [4.78, 5) is 11.3. The van der Waals surface area contributed by atoms with Gasteiger partial charge in [-0.25, -0.2) is 8.42 Å². The third kappa shape index (κ3) is 3.32. The van der Waals surface area contributed by atoms with Crippen LogP contribution >= 0.6 is 0 Å². The van der Waals surface area contributed by atoms with Crippen molar-refractivity contribution < 1.29 is 17.7 Å². The first-order valence-corrected chi connectivity index (χ1v) is 7.43. The molecule has 0 saturated carbocycles. The van der Waals surface area contributed by atoms with Crippen molar-refractivity contribution in [1.29, 1.82) is 0 Å². The van der Waals surface area contributed by atoms with E-state index in [1.165, 1.54) is 13.8 Å². The molecule has 3 N–H and O–H groups in total. The van der Waals surface area contributed by atoms with Crippen molar-refractivity contribution in [2.75, 3.05) is 0 Å². The van der Waals surface area contributed by atoms with Crippen LogP contribution in [0.1, 0.15) is 31.7 Å². The summed E-state index contributed by atoms with van der Waals surface area (Å²) < 4.78 is 31.7. The highest BCUT2D eigenvalue weighted by atomic mass is 32.2. The zero-order chi connectivity index (χ0) is 14.8. The van der Waals surface area contributed by atoms with Crippen LogP contribution in [0.4, 0.5) is 0 Å². The molecule has 1 aromatic heterocycles. The molecular formula is C11H19N3O4S. The largest absolute Gasteiger partial charge is 0.368 e. The highest BCUT2D eigenvalue weighted by Crippen LogP contribution is 2.20.